The molecular formula is C32H44N8O9. The van der Waals surface area contributed by atoms with Crippen molar-refractivity contribution in [3.8, 4) is 0 Å². The van der Waals surface area contributed by atoms with Crippen LogP contribution in [0.25, 0.3) is 10.9 Å². The van der Waals surface area contributed by atoms with Crippen LogP contribution in [0.15, 0.2) is 30.5 Å². The number of nitrogens with one attached hydrogen (secondary N) is 7. The average molecular weight is 685 g/mol. The molecule has 1 aromatic carbocycles. The summed E-state index contributed by atoms with van der Waals surface area (Å²) in [6, 6.07) is 1.02. The van der Waals surface area contributed by atoms with Crippen molar-refractivity contribution in [1.82, 2.24) is 41.8 Å². The van der Waals surface area contributed by atoms with Crippen LogP contribution < -0.4 is 31.9 Å². The molecule has 17 heteroatoms. The molecule has 0 saturated carbocycles. The highest BCUT2D eigenvalue weighted by molar-refractivity contribution is 5.98. The lowest BCUT2D eigenvalue weighted by Gasteiger charge is -2.30. The van der Waals surface area contributed by atoms with Crippen molar-refractivity contribution in [2.24, 2.45) is 5.92 Å². The fraction of sp³-hybridized carbons (Fsp3) is 0.531. The number of para-hydroxylation sites is 1. The number of aromatic nitrogens is 1. The molecule has 2 aromatic rings. The molecule has 2 fully saturated rings. The van der Waals surface area contributed by atoms with Gasteiger partial charge in [-0.1, -0.05) is 32.0 Å². The van der Waals surface area contributed by atoms with Crippen LogP contribution in [-0.2, 0) is 40.0 Å². The van der Waals surface area contributed by atoms with Crippen molar-refractivity contribution >= 4 is 52.3 Å². The highest BCUT2D eigenvalue weighted by Gasteiger charge is 2.39. The summed E-state index contributed by atoms with van der Waals surface area (Å²) in [7, 11) is 0. The first-order valence-corrected chi connectivity index (χ1v) is 16.2. The molecule has 4 rings (SSSR count). The normalized spacial score (nSPS) is 25.4. The van der Waals surface area contributed by atoms with Gasteiger partial charge in [0.1, 0.15) is 30.2 Å². The van der Waals surface area contributed by atoms with Crippen LogP contribution in [0.4, 0.5) is 0 Å². The summed E-state index contributed by atoms with van der Waals surface area (Å²) in [5, 5.41) is 35.1. The number of aromatic amines is 1. The van der Waals surface area contributed by atoms with Crippen molar-refractivity contribution in [2.75, 3.05) is 32.8 Å². The number of hydrogen-bond donors (Lipinski definition) is 9. The summed E-state index contributed by atoms with van der Waals surface area (Å²) in [5.74, 6) is -5.46. The third kappa shape index (κ3) is 9.54. The van der Waals surface area contributed by atoms with Crippen molar-refractivity contribution in [2.45, 2.75) is 69.7 Å². The molecule has 9 N–H and O–H groups in total. The van der Waals surface area contributed by atoms with Gasteiger partial charge in [0, 0.05) is 30.1 Å². The molecule has 3 heterocycles. The molecule has 0 aliphatic carbocycles. The Balaban J connectivity index is 1.68. The summed E-state index contributed by atoms with van der Waals surface area (Å²) in [4.78, 5) is 96.8. The molecule has 5 unspecified atom stereocenters. The lowest BCUT2D eigenvalue weighted by Crippen LogP contribution is -2.60. The van der Waals surface area contributed by atoms with E-state index >= 15 is 0 Å². The highest BCUT2D eigenvalue weighted by atomic mass is 16.3. The minimum atomic E-state index is -1.57. The van der Waals surface area contributed by atoms with Crippen LogP contribution in [0, 0.1) is 5.92 Å². The number of benzene rings is 1. The second kappa shape index (κ2) is 16.9. The zero-order valence-corrected chi connectivity index (χ0v) is 27.4. The summed E-state index contributed by atoms with van der Waals surface area (Å²) < 4.78 is 0. The van der Waals surface area contributed by atoms with Gasteiger partial charge in [-0.2, -0.15) is 0 Å². The Morgan fingerprint density at radius 1 is 0.755 bits per heavy atom. The first-order chi connectivity index (χ1) is 23.4. The molecule has 7 amide bonds. The van der Waals surface area contributed by atoms with E-state index in [2.05, 4.69) is 36.9 Å². The molecule has 49 heavy (non-hydrogen) atoms. The lowest BCUT2D eigenvalue weighted by molar-refractivity contribution is -0.142. The van der Waals surface area contributed by atoms with Crippen LogP contribution in [0.2, 0.25) is 0 Å². The van der Waals surface area contributed by atoms with Crippen LogP contribution >= 0.6 is 0 Å². The zero-order chi connectivity index (χ0) is 35.7. The Bertz CT molecular complexity index is 1560. The van der Waals surface area contributed by atoms with Gasteiger partial charge >= 0.3 is 0 Å². The third-order valence-electron chi connectivity index (χ3n) is 8.41. The first-order valence-electron chi connectivity index (χ1n) is 16.2. The maximum absolute atomic E-state index is 14.2. The number of H-pyrrole nitrogens is 1. The largest absolute Gasteiger partial charge is 0.394 e. The van der Waals surface area contributed by atoms with Crippen LogP contribution in [0.5, 0.6) is 0 Å². The smallest absolute Gasteiger partial charge is 0.246 e. The van der Waals surface area contributed by atoms with E-state index in [-0.39, 0.29) is 25.3 Å². The van der Waals surface area contributed by atoms with Crippen molar-refractivity contribution < 1.29 is 43.8 Å². The number of amides is 7. The van der Waals surface area contributed by atoms with Crippen molar-refractivity contribution in [1.29, 1.82) is 0 Å². The molecule has 2 saturated heterocycles. The van der Waals surface area contributed by atoms with E-state index in [1.165, 1.54) is 4.90 Å². The standard InChI is InChI=1S/C32H44N8O9/c1-17(2)10-21-28(45)38-22(11-18-12-33-20-7-4-3-6-19(18)20)32(49)40-9-5-8-25(40)31(48)35-13-26(43)34-14-27(44)36-23(15-41)29(46)39-24(16-42)30(47)37-21/h3-4,6-7,12,17,21-25,33,41-42H,5,8-11,13-16H2,1-2H3,(H,34,43)(H,35,48)(H,36,44)(H,37,47)(H,38,45)(H,39,46). The van der Waals surface area contributed by atoms with Gasteiger partial charge in [0.15, 0.2) is 0 Å². The Morgan fingerprint density at radius 3 is 2.06 bits per heavy atom. The summed E-state index contributed by atoms with van der Waals surface area (Å²) in [6.45, 7) is 1.00. The Labute approximate surface area is 282 Å². The molecule has 5 atom stereocenters. The van der Waals surface area contributed by atoms with E-state index in [4.69, 9.17) is 0 Å². The molecule has 0 spiro atoms. The number of aliphatic hydroxyl groups is 2. The van der Waals surface area contributed by atoms with Gasteiger partial charge in [0.2, 0.25) is 41.4 Å². The number of carbonyl (C=O) groups excluding carboxylic acids is 7. The predicted molar refractivity (Wildman–Crippen MR) is 174 cm³/mol. The molecule has 17 nitrogen and oxygen atoms in total. The molecule has 0 radical (unpaired) electrons. The van der Waals surface area contributed by atoms with Gasteiger partial charge in [0.25, 0.3) is 0 Å². The van der Waals surface area contributed by atoms with E-state index in [0.29, 0.717) is 12.8 Å². The maximum atomic E-state index is 14.2. The number of rotatable bonds is 6. The predicted octanol–water partition coefficient (Wildman–Crippen LogP) is -3.08. The Kier molecular flexibility index (Phi) is 12.7. The fourth-order valence-electron chi connectivity index (χ4n) is 5.90. The van der Waals surface area contributed by atoms with Gasteiger partial charge in [-0.15, -0.1) is 0 Å². The molecular weight excluding hydrogens is 640 g/mol. The number of aliphatic hydroxyl groups excluding tert-OH is 2. The second-order valence-corrected chi connectivity index (χ2v) is 12.5. The quantitative estimate of drug-likeness (QED) is 0.149. The minimum Gasteiger partial charge on any atom is -0.394 e. The summed E-state index contributed by atoms with van der Waals surface area (Å²) >= 11 is 0. The van der Waals surface area contributed by atoms with E-state index in [1.807, 2.05) is 38.1 Å². The van der Waals surface area contributed by atoms with Crippen LogP contribution in [0.3, 0.4) is 0 Å². The number of nitrogens with zero attached hydrogens (tertiary/aromatic N) is 1. The first kappa shape index (κ1) is 36.8. The zero-order valence-electron chi connectivity index (χ0n) is 27.4. The van der Waals surface area contributed by atoms with Crippen LogP contribution in [0.1, 0.15) is 38.7 Å². The number of hydrogen-bond acceptors (Lipinski definition) is 9. The topological polar surface area (TPSA) is 251 Å². The van der Waals surface area contributed by atoms with Crippen molar-refractivity contribution in [3.05, 3.63) is 36.0 Å². The van der Waals surface area contributed by atoms with Gasteiger partial charge < -0.3 is 52.0 Å². The molecule has 266 valence electrons. The lowest BCUT2D eigenvalue weighted by atomic mass is 10.00. The van der Waals surface area contributed by atoms with E-state index < -0.39 is 97.9 Å². The monoisotopic (exact) mass is 684 g/mol. The Morgan fingerprint density at radius 2 is 1.37 bits per heavy atom. The maximum Gasteiger partial charge on any atom is 0.246 e. The van der Waals surface area contributed by atoms with Crippen molar-refractivity contribution in [3.63, 3.8) is 0 Å². The average Bonchev–Trinajstić information content (AvgIpc) is 3.73. The minimum absolute atomic E-state index is 0.0447. The van der Waals surface area contributed by atoms with Gasteiger partial charge in [-0.05, 0) is 36.8 Å². The number of fused-ring (bicyclic) bond motifs is 2. The van der Waals surface area contributed by atoms with Gasteiger partial charge in [0.05, 0.1) is 26.3 Å². The molecule has 2 aliphatic rings. The van der Waals surface area contributed by atoms with Gasteiger partial charge in [-0.3, -0.25) is 33.6 Å². The van der Waals surface area contributed by atoms with E-state index in [0.717, 1.165) is 16.5 Å². The second-order valence-electron chi connectivity index (χ2n) is 12.5. The summed E-state index contributed by atoms with van der Waals surface area (Å²) in [6.07, 6.45) is 2.72. The number of carbonyl (C=O) groups is 7. The highest BCUT2D eigenvalue weighted by Crippen LogP contribution is 2.23. The third-order valence-corrected chi connectivity index (χ3v) is 8.41. The summed E-state index contributed by atoms with van der Waals surface area (Å²) in [5.41, 5.74) is 1.55. The van der Waals surface area contributed by atoms with E-state index in [1.54, 1.807) is 6.20 Å². The van der Waals surface area contributed by atoms with Gasteiger partial charge in [-0.25, -0.2) is 0 Å². The fourth-order valence-corrected chi connectivity index (χ4v) is 5.90. The van der Waals surface area contributed by atoms with Crippen LogP contribution in [-0.4, -0.2) is 125 Å². The molecule has 1 aromatic heterocycles. The SMILES string of the molecule is CC(C)CC1NC(=O)C(CO)NC(=O)C(CO)NC(=O)CNC(=O)CNC(=O)C2CCCN2C(=O)C(Cc2c[nH]c3ccccc23)NC1=O. The molecule has 2 aliphatic heterocycles. The van der Waals surface area contributed by atoms with E-state index in [9.17, 15) is 43.8 Å². The Hall–Kier alpha value is -5.03. The molecule has 0 bridgehead atoms.